The number of aryl methyl sites for hydroxylation is 3. The largest absolute Gasteiger partial charge is 0.484 e. The summed E-state index contributed by atoms with van der Waals surface area (Å²) in [6.07, 6.45) is 21.9. The van der Waals surface area contributed by atoms with Gasteiger partial charge in [-0.05, 0) is 149 Å². The third kappa shape index (κ3) is 4.19. The monoisotopic (exact) mass is 742 g/mol. The standard InChI is InChI=1S/C50H54N4O2/c1-9-29-25-37-41(38-26-30-10-2-18-52-22-6-14-34(44(30)52)48(38)55-47(37)33-13-5-21-51(17-1)43(29)33)42-39-27-31-11-3-19-53-23-7-15-35(45(31)53)49(39)56-50-36-16-8-24-54-20-4-12-32(46(36)54)28-40(42)50/h25-28,33,47H,1-24H2. The number of hydrogen-bond acceptors (Lipinski definition) is 6. The predicted octanol–water partition coefficient (Wildman–Crippen LogP) is 9.31. The maximum Gasteiger partial charge on any atom is 0.140 e. The van der Waals surface area contributed by atoms with Crippen LogP contribution in [0.15, 0.2) is 41.1 Å². The van der Waals surface area contributed by atoms with Gasteiger partial charge in [0, 0.05) is 131 Å². The number of fused-ring (bicyclic) bond motifs is 8. The summed E-state index contributed by atoms with van der Waals surface area (Å²) < 4.78 is 15.3. The van der Waals surface area contributed by atoms with E-state index < -0.39 is 0 Å². The molecule has 56 heavy (non-hydrogen) atoms. The molecule has 286 valence electrons. The van der Waals surface area contributed by atoms with Gasteiger partial charge in [-0.3, -0.25) is 0 Å². The van der Waals surface area contributed by atoms with Gasteiger partial charge in [0.05, 0.1) is 0 Å². The minimum atomic E-state index is 0.0469. The third-order valence-electron chi connectivity index (χ3n) is 16.1. The van der Waals surface area contributed by atoms with Crippen molar-refractivity contribution in [2.75, 3.05) is 67.1 Å². The van der Waals surface area contributed by atoms with Crippen LogP contribution in [0.25, 0.3) is 11.1 Å². The number of ether oxygens (including phenoxy) is 2. The first-order chi connectivity index (χ1) is 27.8. The van der Waals surface area contributed by atoms with Gasteiger partial charge in [-0.2, -0.15) is 0 Å². The summed E-state index contributed by atoms with van der Waals surface area (Å²) in [4.78, 5) is 10.9. The second-order valence-electron chi connectivity index (χ2n) is 19.0. The van der Waals surface area contributed by atoms with E-state index in [1.165, 1.54) is 220 Å². The highest BCUT2D eigenvalue weighted by molar-refractivity contribution is 6.11. The van der Waals surface area contributed by atoms with Gasteiger partial charge >= 0.3 is 0 Å². The van der Waals surface area contributed by atoms with Gasteiger partial charge in [0.15, 0.2) is 0 Å². The van der Waals surface area contributed by atoms with Crippen molar-refractivity contribution in [3.05, 3.63) is 91.2 Å². The molecule has 0 saturated carbocycles. The summed E-state index contributed by atoms with van der Waals surface area (Å²) in [7, 11) is 0. The predicted molar refractivity (Wildman–Crippen MR) is 225 cm³/mol. The van der Waals surface area contributed by atoms with Crippen LogP contribution in [0.3, 0.4) is 0 Å². The van der Waals surface area contributed by atoms with E-state index in [2.05, 4.69) is 43.9 Å². The topological polar surface area (TPSA) is 31.4 Å². The average Bonchev–Trinajstić information content (AvgIpc) is 3.24. The van der Waals surface area contributed by atoms with E-state index in [0.717, 1.165) is 19.3 Å². The highest BCUT2D eigenvalue weighted by atomic mass is 16.5. The van der Waals surface area contributed by atoms with Crippen molar-refractivity contribution in [3.8, 4) is 17.2 Å². The smallest absolute Gasteiger partial charge is 0.140 e. The van der Waals surface area contributed by atoms with Crippen LogP contribution in [-0.4, -0.2) is 63.4 Å². The van der Waals surface area contributed by atoms with Crippen molar-refractivity contribution in [1.29, 1.82) is 0 Å². The molecule has 1 aliphatic carbocycles. The molecule has 14 rings (SSSR count). The molecular weight excluding hydrogens is 689 g/mol. The number of benzene rings is 3. The van der Waals surface area contributed by atoms with E-state index in [4.69, 9.17) is 9.47 Å². The number of rotatable bonds is 0. The fourth-order valence-electron chi connectivity index (χ4n) is 14.0. The Morgan fingerprint density at radius 1 is 0.464 bits per heavy atom. The van der Waals surface area contributed by atoms with Crippen molar-refractivity contribution in [2.24, 2.45) is 5.92 Å². The van der Waals surface area contributed by atoms with Crippen LogP contribution in [0.1, 0.15) is 114 Å². The molecule has 3 aromatic rings. The van der Waals surface area contributed by atoms with Crippen LogP contribution in [0.4, 0.5) is 17.1 Å². The fourth-order valence-corrected chi connectivity index (χ4v) is 14.0. The maximum atomic E-state index is 7.72. The Morgan fingerprint density at radius 2 is 0.929 bits per heavy atom. The minimum absolute atomic E-state index is 0.0469. The molecular formula is C50H54N4O2. The molecule has 3 aromatic carbocycles. The fraction of sp³-hybridized carbons (Fsp3) is 0.520. The molecule has 11 aliphatic rings. The van der Waals surface area contributed by atoms with Crippen LogP contribution >= 0.6 is 0 Å². The normalized spacial score (nSPS) is 26.0. The molecule has 10 heterocycles. The lowest BCUT2D eigenvalue weighted by Gasteiger charge is -2.50. The first-order valence-corrected chi connectivity index (χ1v) is 22.9. The molecule has 0 N–H and O–H groups in total. The number of piperidine rings is 1. The Hall–Kier alpha value is -4.32. The molecule has 0 amide bonds. The van der Waals surface area contributed by atoms with Crippen LogP contribution in [0, 0.1) is 5.92 Å². The van der Waals surface area contributed by atoms with Gasteiger partial charge < -0.3 is 29.1 Å². The van der Waals surface area contributed by atoms with Crippen molar-refractivity contribution in [3.63, 3.8) is 0 Å². The SMILES string of the molecule is C1=C2C(=C3c4cc5c6c(c4Oc4c3cc3c7c4CCCN7CCC3)CCCN6CCC5)c3cc4c5c(c3OC2C2CCCN3CCCC1=C23)CCCN5CCC4. The molecule has 0 bridgehead atoms. The Labute approximate surface area is 331 Å². The summed E-state index contributed by atoms with van der Waals surface area (Å²) in [5.41, 5.74) is 25.5. The first-order valence-electron chi connectivity index (χ1n) is 22.9. The van der Waals surface area contributed by atoms with Crippen LogP contribution in [-0.2, 0) is 38.5 Å². The van der Waals surface area contributed by atoms with Crippen molar-refractivity contribution in [2.45, 2.75) is 109 Å². The molecule has 1 fully saturated rings. The highest BCUT2D eigenvalue weighted by Gasteiger charge is 2.48. The zero-order chi connectivity index (χ0) is 36.2. The second kappa shape index (κ2) is 11.6. The van der Waals surface area contributed by atoms with Crippen molar-refractivity contribution in [1.82, 2.24) is 4.90 Å². The summed E-state index contributed by atoms with van der Waals surface area (Å²) in [5, 5.41) is 0. The molecule has 6 heteroatoms. The highest BCUT2D eigenvalue weighted by Crippen LogP contribution is 2.61. The van der Waals surface area contributed by atoms with Crippen LogP contribution < -0.4 is 24.2 Å². The van der Waals surface area contributed by atoms with Crippen LogP contribution in [0.5, 0.6) is 17.2 Å². The van der Waals surface area contributed by atoms with Gasteiger partial charge in [0.1, 0.15) is 23.4 Å². The molecule has 0 radical (unpaired) electrons. The van der Waals surface area contributed by atoms with Crippen LogP contribution in [0.2, 0.25) is 0 Å². The molecule has 6 nitrogen and oxygen atoms in total. The second-order valence-corrected chi connectivity index (χ2v) is 19.0. The van der Waals surface area contributed by atoms with Gasteiger partial charge in [-0.25, -0.2) is 0 Å². The van der Waals surface area contributed by atoms with Gasteiger partial charge in [-0.15, -0.1) is 0 Å². The maximum absolute atomic E-state index is 7.72. The first kappa shape index (κ1) is 31.7. The number of hydrogen-bond donors (Lipinski definition) is 0. The van der Waals surface area contributed by atoms with E-state index in [1.807, 2.05) is 0 Å². The Kier molecular flexibility index (Phi) is 6.59. The zero-order valence-corrected chi connectivity index (χ0v) is 33.0. The summed E-state index contributed by atoms with van der Waals surface area (Å²) in [6, 6.07) is 7.92. The lowest BCUT2D eigenvalue weighted by molar-refractivity contribution is 0.115. The minimum Gasteiger partial charge on any atom is -0.484 e. The number of allylic oxidation sites excluding steroid dienone is 2. The van der Waals surface area contributed by atoms with Crippen molar-refractivity contribution >= 4 is 28.2 Å². The molecule has 2 unspecified atom stereocenters. The van der Waals surface area contributed by atoms with Gasteiger partial charge in [0.2, 0.25) is 0 Å². The van der Waals surface area contributed by atoms with E-state index in [9.17, 15) is 0 Å². The van der Waals surface area contributed by atoms with E-state index in [1.54, 1.807) is 28.0 Å². The summed E-state index contributed by atoms with van der Waals surface area (Å²) >= 11 is 0. The Bertz CT molecular complexity index is 2310. The lowest BCUT2D eigenvalue weighted by Crippen LogP contribution is -2.47. The molecule has 0 aromatic heterocycles. The van der Waals surface area contributed by atoms with Gasteiger partial charge in [0.25, 0.3) is 0 Å². The number of anilines is 3. The molecule has 1 saturated heterocycles. The van der Waals surface area contributed by atoms with Gasteiger partial charge in [-0.1, -0.05) is 0 Å². The third-order valence-corrected chi connectivity index (χ3v) is 16.1. The lowest BCUT2D eigenvalue weighted by atomic mass is 9.69. The Morgan fingerprint density at radius 3 is 1.50 bits per heavy atom. The van der Waals surface area contributed by atoms with Crippen molar-refractivity contribution < 1.29 is 9.47 Å². The number of nitrogens with zero attached hydrogens (tertiary/aromatic N) is 4. The molecule has 0 spiro atoms. The van der Waals surface area contributed by atoms with E-state index >= 15 is 0 Å². The Balaban J connectivity index is 1.14. The van der Waals surface area contributed by atoms with E-state index in [0.29, 0.717) is 5.92 Å². The summed E-state index contributed by atoms with van der Waals surface area (Å²) in [6.45, 7) is 9.49. The zero-order valence-electron chi connectivity index (χ0n) is 33.0. The quantitative estimate of drug-likeness (QED) is 0.179. The summed E-state index contributed by atoms with van der Waals surface area (Å²) in [5.74, 6) is 4.01. The van der Waals surface area contributed by atoms with E-state index in [-0.39, 0.29) is 6.10 Å². The average molecular weight is 743 g/mol. The molecule has 10 aliphatic heterocycles. The molecule has 2 atom stereocenters.